The molecule has 22 heavy (non-hydrogen) atoms. The summed E-state index contributed by atoms with van der Waals surface area (Å²) in [6, 6.07) is 8.11. The molecule has 0 spiro atoms. The maximum atomic E-state index is 12.7. The van der Waals surface area contributed by atoms with Gasteiger partial charge in [-0.2, -0.15) is 13.2 Å². The number of ether oxygens (including phenoxy) is 1. The van der Waals surface area contributed by atoms with Gasteiger partial charge in [0.05, 0.1) is 25.3 Å². The molecule has 1 aromatic heterocycles. The van der Waals surface area contributed by atoms with Gasteiger partial charge in [0, 0.05) is 6.20 Å². The maximum absolute atomic E-state index is 12.7. The van der Waals surface area contributed by atoms with Gasteiger partial charge in [0.15, 0.2) is 0 Å². The van der Waals surface area contributed by atoms with E-state index in [2.05, 4.69) is 10.3 Å². The minimum Gasteiger partial charge on any atom is -0.497 e. The molecular weight excluding hydrogens is 297 g/mol. The predicted molar refractivity (Wildman–Crippen MR) is 75.7 cm³/mol. The van der Waals surface area contributed by atoms with E-state index in [1.807, 2.05) is 0 Å². The van der Waals surface area contributed by atoms with Crippen LogP contribution < -0.4 is 10.1 Å². The standard InChI is InChI=1S/C15H15F3N2O2/c1-22-12-4-2-3-10(7-12)13(9-21)20-14-8-11(5-6-19-14)15(16,17)18/h2-8,13,21H,9H2,1H3,(H,19,20). The first-order valence-electron chi connectivity index (χ1n) is 6.48. The van der Waals surface area contributed by atoms with E-state index in [1.54, 1.807) is 24.3 Å². The highest BCUT2D eigenvalue weighted by molar-refractivity contribution is 5.42. The molecule has 0 aliphatic rings. The van der Waals surface area contributed by atoms with Crippen LogP contribution in [0.5, 0.6) is 5.75 Å². The van der Waals surface area contributed by atoms with Crippen LogP contribution in [0.3, 0.4) is 0 Å². The van der Waals surface area contributed by atoms with Crippen molar-refractivity contribution in [3.8, 4) is 5.75 Å². The number of anilines is 1. The van der Waals surface area contributed by atoms with Crippen molar-refractivity contribution >= 4 is 5.82 Å². The fraction of sp³-hybridized carbons (Fsp3) is 0.267. The van der Waals surface area contributed by atoms with Gasteiger partial charge < -0.3 is 15.2 Å². The van der Waals surface area contributed by atoms with Crippen LogP contribution in [0.4, 0.5) is 19.0 Å². The Labute approximate surface area is 125 Å². The van der Waals surface area contributed by atoms with Crippen molar-refractivity contribution in [2.45, 2.75) is 12.2 Å². The number of aliphatic hydroxyl groups excluding tert-OH is 1. The van der Waals surface area contributed by atoms with Gasteiger partial charge in [-0.3, -0.25) is 0 Å². The van der Waals surface area contributed by atoms with Crippen LogP contribution >= 0.6 is 0 Å². The van der Waals surface area contributed by atoms with Crippen molar-refractivity contribution in [2.75, 3.05) is 19.0 Å². The summed E-state index contributed by atoms with van der Waals surface area (Å²) in [5.74, 6) is 0.631. The first-order valence-corrected chi connectivity index (χ1v) is 6.48. The van der Waals surface area contributed by atoms with Crippen molar-refractivity contribution in [1.29, 1.82) is 0 Å². The van der Waals surface area contributed by atoms with Crippen molar-refractivity contribution in [3.63, 3.8) is 0 Å². The zero-order valence-electron chi connectivity index (χ0n) is 11.8. The molecule has 0 aliphatic heterocycles. The third kappa shape index (κ3) is 3.88. The number of aliphatic hydroxyl groups is 1. The predicted octanol–water partition coefficient (Wildman–Crippen LogP) is 3.25. The van der Waals surface area contributed by atoms with E-state index in [-0.39, 0.29) is 12.4 Å². The van der Waals surface area contributed by atoms with Crippen molar-refractivity contribution in [1.82, 2.24) is 4.98 Å². The number of benzene rings is 1. The third-order valence-corrected chi connectivity index (χ3v) is 3.09. The quantitative estimate of drug-likeness (QED) is 0.890. The van der Waals surface area contributed by atoms with Crippen molar-refractivity contribution < 1.29 is 23.0 Å². The highest BCUT2D eigenvalue weighted by atomic mass is 19.4. The number of hydrogen-bond donors (Lipinski definition) is 2. The molecule has 0 radical (unpaired) electrons. The van der Waals surface area contributed by atoms with Gasteiger partial charge in [0.2, 0.25) is 0 Å². The summed E-state index contributed by atoms with van der Waals surface area (Å²) in [5, 5.41) is 12.3. The second-order valence-corrected chi connectivity index (χ2v) is 4.58. The molecule has 0 saturated carbocycles. The topological polar surface area (TPSA) is 54.4 Å². The van der Waals surface area contributed by atoms with Gasteiger partial charge in [0.1, 0.15) is 11.6 Å². The summed E-state index contributed by atoms with van der Waals surface area (Å²) in [7, 11) is 1.51. The third-order valence-electron chi connectivity index (χ3n) is 3.09. The summed E-state index contributed by atoms with van der Waals surface area (Å²) in [4.78, 5) is 3.86. The number of nitrogens with zero attached hydrogens (tertiary/aromatic N) is 1. The molecule has 2 aromatic rings. The molecule has 0 bridgehead atoms. The molecule has 1 aromatic carbocycles. The second kappa shape index (κ2) is 6.65. The molecule has 7 heteroatoms. The van der Waals surface area contributed by atoms with Gasteiger partial charge in [-0.25, -0.2) is 4.98 Å². The summed E-state index contributed by atoms with van der Waals surface area (Å²) in [5.41, 5.74) is -0.117. The average Bonchev–Trinajstić information content (AvgIpc) is 2.52. The van der Waals surface area contributed by atoms with Crippen LogP contribution in [-0.4, -0.2) is 23.8 Å². The Morgan fingerprint density at radius 3 is 2.68 bits per heavy atom. The molecule has 0 aliphatic carbocycles. The Bertz CT molecular complexity index is 632. The molecule has 118 valence electrons. The van der Waals surface area contributed by atoms with Crippen LogP contribution in [0.25, 0.3) is 0 Å². The molecule has 0 amide bonds. The van der Waals surface area contributed by atoms with E-state index in [0.29, 0.717) is 11.3 Å². The number of halogens is 3. The fourth-order valence-corrected chi connectivity index (χ4v) is 1.96. The molecule has 0 fully saturated rings. The summed E-state index contributed by atoms with van der Waals surface area (Å²) in [6.07, 6.45) is -3.37. The van der Waals surface area contributed by atoms with E-state index >= 15 is 0 Å². The van der Waals surface area contributed by atoms with E-state index < -0.39 is 17.8 Å². The number of methoxy groups -OCH3 is 1. The maximum Gasteiger partial charge on any atom is 0.416 e. The van der Waals surface area contributed by atoms with Crippen LogP contribution in [0.1, 0.15) is 17.2 Å². The Kier molecular flexibility index (Phi) is 4.87. The Morgan fingerprint density at radius 2 is 2.05 bits per heavy atom. The summed E-state index contributed by atoms with van der Waals surface area (Å²) >= 11 is 0. The lowest BCUT2D eigenvalue weighted by atomic mass is 10.1. The molecule has 2 N–H and O–H groups in total. The highest BCUT2D eigenvalue weighted by Crippen LogP contribution is 2.31. The minimum absolute atomic E-state index is 0.0386. The van der Waals surface area contributed by atoms with E-state index in [9.17, 15) is 18.3 Å². The first kappa shape index (κ1) is 16.1. The van der Waals surface area contributed by atoms with Gasteiger partial charge in [0.25, 0.3) is 0 Å². The number of hydrogen-bond acceptors (Lipinski definition) is 4. The zero-order chi connectivity index (χ0) is 16.2. The lowest BCUT2D eigenvalue weighted by Gasteiger charge is -2.18. The molecule has 1 unspecified atom stereocenters. The van der Waals surface area contributed by atoms with Gasteiger partial charge >= 0.3 is 6.18 Å². The smallest absolute Gasteiger partial charge is 0.416 e. The molecule has 1 atom stereocenters. The van der Waals surface area contributed by atoms with Crippen LogP contribution in [0.2, 0.25) is 0 Å². The lowest BCUT2D eigenvalue weighted by Crippen LogP contribution is -2.16. The molecule has 0 saturated heterocycles. The van der Waals surface area contributed by atoms with E-state index in [0.717, 1.165) is 18.3 Å². The summed E-state index contributed by atoms with van der Waals surface area (Å²) < 4.78 is 43.2. The second-order valence-electron chi connectivity index (χ2n) is 4.58. The number of aromatic nitrogens is 1. The zero-order valence-corrected chi connectivity index (χ0v) is 11.8. The number of nitrogens with one attached hydrogen (secondary N) is 1. The highest BCUT2D eigenvalue weighted by Gasteiger charge is 2.30. The number of pyridine rings is 1. The van der Waals surface area contributed by atoms with Crippen molar-refractivity contribution in [2.24, 2.45) is 0 Å². The SMILES string of the molecule is COc1cccc(C(CO)Nc2cc(C(F)(F)F)ccn2)c1. The largest absolute Gasteiger partial charge is 0.497 e. The lowest BCUT2D eigenvalue weighted by molar-refractivity contribution is -0.137. The van der Waals surface area contributed by atoms with Crippen LogP contribution in [0, 0.1) is 0 Å². The number of rotatable bonds is 5. The summed E-state index contributed by atoms with van der Waals surface area (Å²) in [6.45, 7) is -0.301. The Morgan fingerprint density at radius 1 is 1.27 bits per heavy atom. The normalized spacial score (nSPS) is 12.8. The van der Waals surface area contributed by atoms with E-state index in [1.165, 1.54) is 7.11 Å². The minimum atomic E-state index is -4.44. The fourth-order valence-electron chi connectivity index (χ4n) is 1.96. The van der Waals surface area contributed by atoms with Crippen molar-refractivity contribution in [3.05, 3.63) is 53.7 Å². The molecule has 1 heterocycles. The molecular formula is C15H15F3N2O2. The molecule has 2 rings (SSSR count). The van der Waals surface area contributed by atoms with Crippen LogP contribution in [-0.2, 0) is 6.18 Å². The van der Waals surface area contributed by atoms with Gasteiger partial charge in [-0.15, -0.1) is 0 Å². The molecule has 4 nitrogen and oxygen atoms in total. The Balaban J connectivity index is 2.23. The number of alkyl halides is 3. The van der Waals surface area contributed by atoms with Crippen LogP contribution in [0.15, 0.2) is 42.6 Å². The van der Waals surface area contributed by atoms with Gasteiger partial charge in [-0.05, 0) is 29.8 Å². The first-order chi connectivity index (χ1) is 10.4. The van der Waals surface area contributed by atoms with Gasteiger partial charge in [-0.1, -0.05) is 12.1 Å². The van der Waals surface area contributed by atoms with E-state index in [4.69, 9.17) is 4.74 Å². The Hall–Kier alpha value is -2.28. The average molecular weight is 312 g/mol. The monoisotopic (exact) mass is 312 g/mol.